The van der Waals surface area contributed by atoms with Gasteiger partial charge in [0, 0.05) is 18.7 Å². The van der Waals surface area contributed by atoms with Crippen molar-refractivity contribution >= 4 is 39.7 Å². The van der Waals surface area contributed by atoms with Gasteiger partial charge in [-0.3, -0.25) is 19.5 Å². The van der Waals surface area contributed by atoms with Gasteiger partial charge in [-0.1, -0.05) is 11.8 Å². The number of thioether (sulfide) groups is 1. The molecule has 0 radical (unpaired) electrons. The number of rotatable bonds is 1. The maximum absolute atomic E-state index is 11.5. The van der Waals surface area contributed by atoms with Crippen LogP contribution in [0, 0.1) is 5.92 Å². The van der Waals surface area contributed by atoms with Gasteiger partial charge in [0.25, 0.3) is 0 Å². The lowest BCUT2D eigenvalue weighted by molar-refractivity contribution is -0.125. The van der Waals surface area contributed by atoms with Crippen molar-refractivity contribution in [2.75, 3.05) is 18.8 Å². The number of amides is 1. The van der Waals surface area contributed by atoms with Crippen molar-refractivity contribution in [3.8, 4) is 0 Å². The quantitative estimate of drug-likeness (QED) is 0.626. The molecule has 1 unspecified atom stereocenters. The number of hydrogen-bond donors (Lipinski definition) is 0. The van der Waals surface area contributed by atoms with E-state index in [1.54, 1.807) is 16.7 Å². The van der Waals surface area contributed by atoms with Gasteiger partial charge < -0.3 is 0 Å². The molecular formula is C8H9ClN2O2S. The van der Waals surface area contributed by atoms with Crippen LogP contribution in [-0.2, 0) is 9.59 Å². The average molecular weight is 233 g/mol. The lowest BCUT2D eigenvalue weighted by Crippen LogP contribution is -2.29. The number of nitrogens with zero attached hydrogens (tertiary/aromatic N) is 2. The third-order valence-corrected chi connectivity index (χ3v) is 3.55. The van der Waals surface area contributed by atoms with Crippen molar-refractivity contribution in [3.05, 3.63) is 0 Å². The van der Waals surface area contributed by atoms with Crippen molar-refractivity contribution in [1.29, 1.82) is 0 Å². The molecule has 1 fully saturated rings. The Balaban J connectivity index is 2.07. The highest BCUT2D eigenvalue weighted by atomic mass is 35.5. The van der Waals surface area contributed by atoms with Crippen LogP contribution < -0.4 is 0 Å². The highest BCUT2D eigenvalue weighted by Crippen LogP contribution is 2.25. The lowest BCUT2D eigenvalue weighted by Gasteiger charge is -2.14. The molecule has 1 atom stereocenters. The van der Waals surface area contributed by atoms with Crippen LogP contribution in [0.5, 0.6) is 0 Å². The van der Waals surface area contributed by atoms with Gasteiger partial charge in [0.15, 0.2) is 5.17 Å². The van der Waals surface area contributed by atoms with Crippen molar-refractivity contribution < 1.29 is 9.59 Å². The van der Waals surface area contributed by atoms with Crippen LogP contribution in [-0.4, -0.2) is 40.1 Å². The number of aliphatic imine (C=N–C) groups is 1. The second-order valence-electron chi connectivity index (χ2n) is 3.22. The topological polar surface area (TPSA) is 49.7 Å². The Morgan fingerprint density at radius 1 is 1.64 bits per heavy atom. The second kappa shape index (κ2) is 3.90. The van der Waals surface area contributed by atoms with E-state index >= 15 is 0 Å². The Kier molecular flexibility index (Phi) is 2.78. The van der Waals surface area contributed by atoms with Gasteiger partial charge in [0.05, 0.1) is 12.5 Å². The number of carbonyl (C=O) groups excluding carboxylic acids is 2. The second-order valence-corrected chi connectivity index (χ2v) is 4.66. The van der Waals surface area contributed by atoms with Crippen LogP contribution in [0.2, 0.25) is 0 Å². The molecule has 0 aromatic heterocycles. The predicted octanol–water partition coefficient (Wildman–Crippen LogP) is 0.703. The first-order valence-corrected chi connectivity index (χ1v) is 5.72. The van der Waals surface area contributed by atoms with E-state index in [2.05, 4.69) is 4.99 Å². The molecule has 1 amide bonds. The summed E-state index contributed by atoms with van der Waals surface area (Å²) in [6.07, 6.45) is 0.224. The van der Waals surface area contributed by atoms with Gasteiger partial charge in [-0.25, -0.2) is 0 Å². The SMILES string of the molecule is O=C(Cl)C1CC(=O)N(C2=NCCS2)C1. The van der Waals surface area contributed by atoms with Gasteiger partial charge >= 0.3 is 0 Å². The summed E-state index contributed by atoms with van der Waals surface area (Å²) in [4.78, 5) is 28.2. The average Bonchev–Trinajstić information content (AvgIpc) is 2.71. The summed E-state index contributed by atoms with van der Waals surface area (Å²) < 4.78 is 0. The summed E-state index contributed by atoms with van der Waals surface area (Å²) in [5, 5.41) is 0.319. The molecular weight excluding hydrogens is 224 g/mol. The zero-order valence-electron chi connectivity index (χ0n) is 7.40. The first-order valence-electron chi connectivity index (χ1n) is 4.35. The van der Waals surface area contributed by atoms with Crippen molar-refractivity contribution in [1.82, 2.24) is 4.90 Å². The number of hydrogen-bond acceptors (Lipinski definition) is 4. The van der Waals surface area contributed by atoms with E-state index in [0.29, 0.717) is 6.54 Å². The standard InChI is InChI=1S/C8H9ClN2O2S/c9-7(13)5-3-6(12)11(4-5)8-10-1-2-14-8/h5H,1-4H2. The maximum atomic E-state index is 11.5. The van der Waals surface area contributed by atoms with Crippen LogP contribution in [0.1, 0.15) is 6.42 Å². The zero-order valence-corrected chi connectivity index (χ0v) is 8.98. The van der Waals surface area contributed by atoms with E-state index in [-0.39, 0.29) is 18.2 Å². The monoisotopic (exact) mass is 232 g/mol. The Morgan fingerprint density at radius 2 is 2.43 bits per heavy atom. The summed E-state index contributed by atoms with van der Waals surface area (Å²) in [6, 6.07) is 0. The summed E-state index contributed by atoms with van der Waals surface area (Å²) in [7, 11) is 0. The van der Waals surface area contributed by atoms with Crippen molar-refractivity contribution in [2.24, 2.45) is 10.9 Å². The van der Waals surface area contributed by atoms with Gasteiger partial charge in [0.1, 0.15) is 0 Å². The third-order valence-electron chi connectivity index (χ3n) is 2.25. The molecule has 0 aromatic carbocycles. The Morgan fingerprint density at radius 3 is 2.93 bits per heavy atom. The van der Waals surface area contributed by atoms with Gasteiger partial charge in [-0.15, -0.1) is 0 Å². The minimum atomic E-state index is -0.426. The maximum Gasteiger partial charge on any atom is 0.229 e. The van der Waals surface area contributed by atoms with Gasteiger partial charge in [-0.05, 0) is 11.6 Å². The Labute approximate surface area is 90.7 Å². The molecule has 0 saturated carbocycles. The fraction of sp³-hybridized carbons (Fsp3) is 0.625. The zero-order chi connectivity index (χ0) is 10.1. The summed E-state index contributed by atoms with van der Waals surface area (Å²) >= 11 is 6.91. The van der Waals surface area contributed by atoms with Crippen LogP contribution in [0.25, 0.3) is 0 Å². The minimum Gasteiger partial charge on any atom is -0.291 e. The van der Waals surface area contributed by atoms with Crippen LogP contribution >= 0.6 is 23.4 Å². The molecule has 0 bridgehead atoms. The highest BCUT2D eigenvalue weighted by Gasteiger charge is 2.36. The molecule has 14 heavy (non-hydrogen) atoms. The lowest BCUT2D eigenvalue weighted by atomic mass is 10.1. The van der Waals surface area contributed by atoms with E-state index in [4.69, 9.17) is 11.6 Å². The Hall–Kier alpha value is -0.550. The van der Waals surface area contributed by atoms with E-state index in [1.165, 1.54) is 0 Å². The molecule has 2 rings (SSSR count). The van der Waals surface area contributed by atoms with Gasteiger partial charge in [0.2, 0.25) is 11.1 Å². The van der Waals surface area contributed by atoms with Gasteiger partial charge in [-0.2, -0.15) is 0 Å². The van der Waals surface area contributed by atoms with Crippen LogP contribution in [0.4, 0.5) is 0 Å². The Bertz CT molecular complexity index is 318. The first-order chi connectivity index (χ1) is 6.68. The van der Waals surface area contributed by atoms with E-state index in [9.17, 15) is 9.59 Å². The van der Waals surface area contributed by atoms with Crippen LogP contribution in [0.3, 0.4) is 0 Å². The molecule has 0 N–H and O–H groups in total. The summed E-state index contributed by atoms with van der Waals surface area (Å²) in [5.74, 6) is 0.517. The number of likely N-dealkylation sites (tertiary alicyclic amines) is 1. The molecule has 2 aliphatic rings. The fourth-order valence-electron chi connectivity index (χ4n) is 1.53. The van der Waals surface area contributed by atoms with Crippen LogP contribution in [0.15, 0.2) is 4.99 Å². The van der Waals surface area contributed by atoms with E-state index in [0.717, 1.165) is 17.5 Å². The predicted molar refractivity (Wildman–Crippen MR) is 55.4 cm³/mol. The highest BCUT2D eigenvalue weighted by molar-refractivity contribution is 8.14. The number of carbonyl (C=O) groups is 2. The molecule has 0 spiro atoms. The van der Waals surface area contributed by atoms with E-state index < -0.39 is 5.24 Å². The minimum absolute atomic E-state index is 0.0443. The first kappa shape index (κ1) is 9.98. The largest absolute Gasteiger partial charge is 0.291 e. The number of halogens is 1. The normalized spacial score (nSPS) is 26.9. The summed E-state index contributed by atoms with van der Waals surface area (Å²) in [6.45, 7) is 1.15. The molecule has 1 saturated heterocycles. The molecule has 2 heterocycles. The fourth-order valence-corrected chi connectivity index (χ4v) is 2.56. The molecule has 76 valence electrons. The molecule has 0 aromatic rings. The smallest absolute Gasteiger partial charge is 0.229 e. The third kappa shape index (κ3) is 1.79. The molecule has 0 aliphatic carbocycles. The summed E-state index contributed by atoms with van der Waals surface area (Å²) in [5.41, 5.74) is 0. The molecule has 4 nitrogen and oxygen atoms in total. The molecule has 6 heteroatoms. The van der Waals surface area contributed by atoms with Crippen molar-refractivity contribution in [2.45, 2.75) is 6.42 Å². The molecule has 2 aliphatic heterocycles. The van der Waals surface area contributed by atoms with Crippen molar-refractivity contribution in [3.63, 3.8) is 0 Å². The number of amidine groups is 1. The van der Waals surface area contributed by atoms with E-state index in [1.807, 2.05) is 0 Å².